The fourth-order valence-corrected chi connectivity index (χ4v) is 3.79. The van der Waals surface area contributed by atoms with Gasteiger partial charge in [-0.1, -0.05) is 30.3 Å². The lowest BCUT2D eigenvalue weighted by Crippen LogP contribution is -2.52. The summed E-state index contributed by atoms with van der Waals surface area (Å²) in [5.74, 6) is 0.0741. The first-order chi connectivity index (χ1) is 11.6. The van der Waals surface area contributed by atoms with Crippen molar-refractivity contribution < 1.29 is 9.90 Å². The number of nitrogens with one attached hydrogen (secondary N) is 1. The van der Waals surface area contributed by atoms with Gasteiger partial charge in [-0.2, -0.15) is 5.10 Å². The van der Waals surface area contributed by atoms with Gasteiger partial charge in [0.2, 0.25) is 5.91 Å². The summed E-state index contributed by atoms with van der Waals surface area (Å²) < 4.78 is 0. The molecule has 0 saturated carbocycles. The lowest BCUT2D eigenvalue weighted by atomic mass is 9.88. The number of aliphatic hydroxyl groups excluding tert-OH is 1. The van der Waals surface area contributed by atoms with Gasteiger partial charge in [0, 0.05) is 17.8 Å². The summed E-state index contributed by atoms with van der Waals surface area (Å²) in [6.45, 7) is 4.56. The molecule has 0 radical (unpaired) electrons. The van der Waals surface area contributed by atoms with Gasteiger partial charge in [0.15, 0.2) is 0 Å². The van der Waals surface area contributed by atoms with E-state index in [0.717, 1.165) is 35.4 Å². The number of likely N-dealkylation sites (tertiary alicyclic amines) is 1. The number of aromatic amines is 1. The van der Waals surface area contributed by atoms with Crippen molar-refractivity contribution >= 4 is 5.91 Å². The van der Waals surface area contributed by atoms with E-state index in [9.17, 15) is 9.90 Å². The average molecular weight is 327 g/mol. The maximum absolute atomic E-state index is 13.0. The summed E-state index contributed by atoms with van der Waals surface area (Å²) in [5, 5.41) is 17.2. The molecular formula is C19H25N3O2. The second kappa shape index (κ2) is 6.77. The minimum Gasteiger partial charge on any atom is -0.394 e. The molecule has 1 aromatic carbocycles. The quantitative estimate of drug-likeness (QED) is 0.884. The largest absolute Gasteiger partial charge is 0.394 e. The molecule has 1 aliphatic heterocycles. The predicted octanol–water partition coefficient (Wildman–Crippen LogP) is 2.17. The normalized spacial score (nSPS) is 20.5. The Morgan fingerprint density at radius 3 is 2.71 bits per heavy atom. The van der Waals surface area contributed by atoms with Crippen LogP contribution in [0.2, 0.25) is 0 Å². The van der Waals surface area contributed by atoms with E-state index in [0.29, 0.717) is 19.4 Å². The van der Waals surface area contributed by atoms with Crippen molar-refractivity contribution in [3.8, 4) is 0 Å². The number of rotatable bonds is 5. The third-order valence-corrected chi connectivity index (χ3v) is 5.18. The standard InChI is InChI=1S/C19H25N3O2/c1-14-17(15(2)21-20-14)11-18(24)22-10-6-9-19(22,13-23)12-16-7-4-3-5-8-16/h3-5,7-8,23H,6,9-13H2,1-2H3,(H,20,21). The van der Waals surface area contributed by atoms with Crippen molar-refractivity contribution in [1.29, 1.82) is 0 Å². The number of carbonyl (C=O) groups is 1. The third kappa shape index (κ3) is 3.08. The molecule has 1 unspecified atom stereocenters. The van der Waals surface area contributed by atoms with E-state index in [1.165, 1.54) is 0 Å². The number of carbonyl (C=O) groups excluding carboxylic acids is 1. The second-order valence-electron chi connectivity index (χ2n) is 6.78. The molecule has 0 spiro atoms. The number of aryl methyl sites for hydroxylation is 2. The van der Waals surface area contributed by atoms with Crippen molar-refractivity contribution in [2.75, 3.05) is 13.2 Å². The first-order valence-corrected chi connectivity index (χ1v) is 8.51. The van der Waals surface area contributed by atoms with Crippen LogP contribution in [0.3, 0.4) is 0 Å². The number of amides is 1. The number of nitrogens with zero attached hydrogens (tertiary/aromatic N) is 2. The topological polar surface area (TPSA) is 69.2 Å². The van der Waals surface area contributed by atoms with Gasteiger partial charge < -0.3 is 10.0 Å². The Labute approximate surface area is 142 Å². The highest BCUT2D eigenvalue weighted by molar-refractivity contribution is 5.80. The number of hydrogen-bond acceptors (Lipinski definition) is 3. The molecule has 24 heavy (non-hydrogen) atoms. The molecule has 1 fully saturated rings. The minimum absolute atomic E-state index is 0.00299. The van der Waals surface area contributed by atoms with Gasteiger partial charge in [0.05, 0.1) is 24.3 Å². The summed E-state index contributed by atoms with van der Waals surface area (Å²) in [5.41, 5.74) is 3.46. The number of H-pyrrole nitrogens is 1. The molecule has 1 atom stereocenters. The molecule has 5 nitrogen and oxygen atoms in total. The lowest BCUT2D eigenvalue weighted by molar-refractivity contribution is -0.136. The number of aromatic nitrogens is 2. The van der Waals surface area contributed by atoms with Crippen LogP contribution >= 0.6 is 0 Å². The van der Waals surface area contributed by atoms with E-state index < -0.39 is 5.54 Å². The molecule has 0 bridgehead atoms. The molecule has 128 valence electrons. The van der Waals surface area contributed by atoms with Crippen LogP contribution in [0.1, 0.15) is 35.4 Å². The van der Waals surface area contributed by atoms with Crippen LogP contribution in [0.4, 0.5) is 0 Å². The monoisotopic (exact) mass is 327 g/mol. The molecule has 3 rings (SSSR count). The summed E-state index contributed by atoms with van der Waals surface area (Å²) in [6.07, 6.45) is 2.81. The molecule has 2 aromatic rings. The Hall–Kier alpha value is -2.14. The fraction of sp³-hybridized carbons (Fsp3) is 0.474. The van der Waals surface area contributed by atoms with Crippen LogP contribution in [-0.4, -0.2) is 44.8 Å². The van der Waals surface area contributed by atoms with E-state index in [2.05, 4.69) is 22.3 Å². The van der Waals surface area contributed by atoms with Crippen LogP contribution in [-0.2, 0) is 17.6 Å². The van der Waals surface area contributed by atoms with E-state index in [1.807, 2.05) is 36.9 Å². The van der Waals surface area contributed by atoms with E-state index >= 15 is 0 Å². The SMILES string of the molecule is Cc1n[nH]c(C)c1CC(=O)N1CCCC1(CO)Cc1ccccc1. The predicted molar refractivity (Wildman–Crippen MR) is 92.7 cm³/mol. The molecule has 0 aliphatic carbocycles. The number of benzene rings is 1. The first-order valence-electron chi connectivity index (χ1n) is 8.51. The van der Waals surface area contributed by atoms with Crippen molar-refractivity contribution in [2.45, 2.75) is 45.1 Å². The average Bonchev–Trinajstić information content (AvgIpc) is 3.14. The van der Waals surface area contributed by atoms with Gasteiger partial charge in [-0.3, -0.25) is 9.89 Å². The fourth-order valence-electron chi connectivity index (χ4n) is 3.79. The Balaban J connectivity index is 1.81. The summed E-state index contributed by atoms with van der Waals surface area (Å²) >= 11 is 0. The Morgan fingerprint density at radius 2 is 2.08 bits per heavy atom. The molecule has 2 N–H and O–H groups in total. The number of aliphatic hydroxyl groups is 1. The zero-order valence-corrected chi connectivity index (χ0v) is 14.4. The smallest absolute Gasteiger partial charge is 0.227 e. The molecule has 1 amide bonds. The van der Waals surface area contributed by atoms with Crippen molar-refractivity contribution in [1.82, 2.24) is 15.1 Å². The minimum atomic E-state index is -0.482. The highest BCUT2D eigenvalue weighted by Gasteiger charge is 2.43. The van der Waals surface area contributed by atoms with Gasteiger partial charge in [0.25, 0.3) is 0 Å². The maximum Gasteiger partial charge on any atom is 0.227 e. The zero-order valence-electron chi connectivity index (χ0n) is 14.4. The summed E-state index contributed by atoms with van der Waals surface area (Å²) in [4.78, 5) is 14.8. The van der Waals surface area contributed by atoms with Gasteiger partial charge >= 0.3 is 0 Å². The molecule has 1 aliphatic rings. The van der Waals surface area contributed by atoms with Crippen LogP contribution in [0, 0.1) is 13.8 Å². The molecule has 2 heterocycles. The van der Waals surface area contributed by atoms with Gasteiger partial charge in [-0.15, -0.1) is 0 Å². The Morgan fingerprint density at radius 1 is 1.33 bits per heavy atom. The van der Waals surface area contributed by atoms with Crippen LogP contribution in [0.15, 0.2) is 30.3 Å². The lowest BCUT2D eigenvalue weighted by Gasteiger charge is -2.37. The van der Waals surface area contributed by atoms with E-state index in [4.69, 9.17) is 0 Å². The summed E-state index contributed by atoms with van der Waals surface area (Å²) in [7, 11) is 0. The van der Waals surface area contributed by atoms with Crippen LogP contribution in [0.5, 0.6) is 0 Å². The van der Waals surface area contributed by atoms with Gasteiger partial charge in [0.1, 0.15) is 0 Å². The van der Waals surface area contributed by atoms with Crippen molar-refractivity contribution in [3.63, 3.8) is 0 Å². The van der Waals surface area contributed by atoms with Gasteiger partial charge in [-0.25, -0.2) is 0 Å². The van der Waals surface area contributed by atoms with Crippen molar-refractivity contribution in [3.05, 3.63) is 52.8 Å². The van der Waals surface area contributed by atoms with Gasteiger partial charge in [-0.05, 0) is 38.7 Å². The molecular weight excluding hydrogens is 302 g/mol. The summed E-state index contributed by atoms with van der Waals surface area (Å²) in [6, 6.07) is 10.1. The van der Waals surface area contributed by atoms with E-state index in [-0.39, 0.29) is 12.5 Å². The first kappa shape index (κ1) is 16.7. The molecule has 1 aromatic heterocycles. The zero-order chi connectivity index (χ0) is 17.2. The van der Waals surface area contributed by atoms with Crippen LogP contribution in [0.25, 0.3) is 0 Å². The van der Waals surface area contributed by atoms with Crippen molar-refractivity contribution in [2.24, 2.45) is 0 Å². The third-order valence-electron chi connectivity index (χ3n) is 5.18. The molecule has 1 saturated heterocycles. The number of hydrogen-bond donors (Lipinski definition) is 2. The second-order valence-corrected chi connectivity index (χ2v) is 6.78. The Kier molecular flexibility index (Phi) is 4.71. The molecule has 5 heteroatoms. The maximum atomic E-state index is 13.0. The van der Waals surface area contributed by atoms with E-state index in [1.54, 1.807) is 0 Å². The highest BCUT2D eigenvalue weighted by atomic mass is 16.3. The highest BCUT2D eigenvalue weighted by Crippen LogP contribution is 2.33. The Bertz CT molecular complexity index is 691. The van der Waals surface area contributed by atoms with Crippen LogP contribution < -0.4 is 0 Å².